The molecule has 1 aliphatic heterocycles. The van der Waals surface area contributed by atoms with Gasteiger partial charge in [0.25, 0.3) is 0 Å². The predicted octanol–water partition coefficient (Wildman–Crippen LogP) is 3.77. The Labute approximate surface area is 134 Å². The third kappa shape index (κ3) is 5.11. The first kappa shape index (κ1) is 17.5. The van der Waals surface area contributed by atoms with E-state index in [1.54, 1.807) is 0 Å². The number of hydrogen-bond donors (Lipinski definition) is 0. The van der Waals surface area contributed by atoms with E-state index in [4.69, 9.17) is 9.47 Å². The van der Waals surface area contributed by atoms with Crippen molar-refractivity contribution in [3.05, 3.63) is 0 Å². The van der Waals surface area contributed by atoms with Crippen molar-refractivity contribution >= 4 is 20.0 Å². The zero-order chi connectivity index (χ0) is 16.2. The maximum atomic E-state index is 11.9. The van der Waals surface area contributed by atoms with E-state index in [0.29, 0.717) is 5.92 Å². The van der Waals surface area contributed by atoms with E-state index in [-0.39, 0.29) is 24.6 Å². The molecule has 0 bridgehead atoms. The van der Waals surface area contributed by atoms with Gasteiger partial charge in [0.1, 0.15) is 6.10 Å². The lowest BCUT2D eigenvalue weighted by Gasteiger charge is -2.36. The second-order valence-corrected chi connectivity index (χ2v) is 13.0. The highest BCUT2D eigenvalue weighted by Crippen LogP contribution is 2.35. The minimum absolute atomic E-state index is 0.00429. The summed E-state index contributed by atoms with van der Waals surface area (Å²) in [4.78, 5) is 23.7. The Kier molecular flexibility index (Phi) is 6.06. The molecule has 1 saturated heterocycles. The molecule has 2 rings (SSSR count). The van der Waals surface area contributed by atoms with Crippen LogP contribution in [-0.2, 0) is 19.1 Å². The van der Waals surface area contributed by atoms with Gasteiger partial charge in [0.15, 0.2) is 6.61 Å². The third-order valence-corrected chi connectivity index (χ3v) is 8.58. The highest BCUT2D eigenvalue weighted by molar-refractivity contribution is 6.77. The molecule has 2 unspecified atom stereocenters. The standard InChI is InChI=1S/C17H30O4Si/c1-13(15-9-6-10-22(2,3)12-15)21-16(18)11-20-17(19)14-7-4-5-8-14/h13-15H,4-12H2,1-3H3. The van der Waals surface area contributed by atoms with Crippen LogP contribution in [0.25, 0.3) is 0 Å². The molecule has 0 spiro atoms. The fraction of sp³-hybridized carbons (Fsp3) is 0.882. The van der Waals surface area contributed by atoms with E-state index in [0.717, 1.165) is 32.1 Å². The lowest BCUT2D eigenvalue weighted by atomic mass is 10.00. The van der Waals surface area contributed by atoms with Crippen LogP contribution >= 0.6 is 0 Å². The highest BCUT2D eigenvalue weighted by atomic mass is 28.3. The summed E-state index contributed by atoms with van der Waals surface area (Å²) in [6, 6.07) is 2.60. The summed E-state index contributed by atoms with van der Waals surface area (Å²) in [5, 5.41) is 0. The van der Waals surface area contributed by atoms with E-state index in [1.165, 1.54) is 18.5 Å². The van der Waals surface area contributed by atoms with Crippen LogP contribution in [0.15, 0.2) is 0 Å². The van der Waals surface area contributed by atoms with Gasteiger partial charge < -0.3 is 9.47 Å². The first-order valence-electron chi connectivity index (χ1n) is 8.73. The SMILES string of the molecule is CC(OC(=O)COC(=O)C1CCCC1)C1CCC[Si](C)(C)C1. The molecule has 0 amide bonds. The smallest absolute Gasteiger partial charge is 0.344 e. The zero-order valence-electron chi connectivity index (χ0n) is 14.2. The molecule has 2 fully saturated rings. The molecule has 22 heavy (non-hydrogen) atoms. The highest BCUT2D eigenvalue weighted by Gasteiger charge is 2.34. The van der Waals surface area contributed by atoms with Gasteiger partial charge in [-0.3, -0.25) is 4.79 Å². The average Bonchev–Trinajstić information content (AvgIpc) is 2.97. The van der Waals surface area contributed by atoms with Crippen molar-refractivity contribution in [2.24, 2.45) is 11.8 Å². The molecule has 2 atom stereocenters. The number of esters is 2. The van der Waals surface area contributed by atoms with Crippen LogP contribution in [0.2, 0.25) is 25.2 Å². The quantitative estimate of drug-likeness (QED) is 0.570. The summed E-state index contributed by atoms with van der Waals surface area (Å²) < 4.78 is 10.6. The number of hydrogen-bond acceptors (Lipinski definition) is 4. The number of carbonyl (C=O) groups excluding carboxylic acids is 2. The van der Waals surface area contributed by atoms with Crippen LogP contribution in [-0.4, -0.2) is 32.7 Å². The maximum Gasteiger partial charge on any atom is 0.344 e. The summed E-state index contributed by atoms with van der Waals surface area (Å²) >= 11 is 0. The normalized spacial score (nSPS) is 26.4. The fourth-order valence-corrected chi connectivity index (χ4v) is 7.23. The molecule has 0 aromatic rings. The molecule has 1 saturated carbocycles. The Hall–Kier alpha value is -0.843. The van der Waals surface area contributed by atoms with Crippen molar-refractivity contribution in [1.82, 2.24) is 0 Å². The topological polar surface area (TPSA) is 52.6 Å². The van der Waals surface area contributed by atoms with Gasteiger partial charge in [-0.1, -0.05) is 44.4 Å². The van der Waals surface area contributed by atoms with Crippen LogP contribution in [0, 0.1) is 11.8 Å². The number of rotatable bonds is 5. The average molecular weight is 327 g/mol. The molecular weight excluding hydrogens is 296 g/mol. The van der Waals surface area contributed by atoms with Gasteiger partial charge in [0.05, 0.1) is 5.92 Å². The Morgan fingerprint density at radius 2 is 1.82 bits per heavy atom. The molecule has 5 heteroatoms. The van der Waals surface area contributed by atoms with Gasteiger partial charge in [0, 0.05) is 8.07 Å². The molecule has 0 aromatic heterocycles. The molecule has 0 N–H and O–H groups in total. The number of carbonyl (C=O) groups is 2. The third-order valence-electron chi connectivity index (χ3n) is 5.25. The molecule has 0 radical (unpaired) electrons. The Bertz CT molecular complexity index is 401. The first-order chi connectivity index (χ1) is 10.4. The fourth-order valence-electron chi connectivity index (χ4n) is 3.90. The van der Waals surface area contributed by atoms with Crippen LogP contribution in [0.5, 0.6) is 0 Å². The van der Waals surface area contributed by atoms with Crippen LogP contribution in [0.4, 0.5) is 0 Å². The molecule has 0 aromatic carbocycles. The van der Waals surface area contributed by atoms with Crippen LogP contribution < -0.4 is 0 Å². The molecule has 2 aliphatic rings. The molecule has 1 aliphatic carbocycles. The van der Waals surface area contributed by atoms with Crippen molar-refractivity contribution in [3.8, 4) is 0 Å². The summed E-state index contributed by atoms with van der Waals surface area (Å²) in [6.45, 7) is 6.58. The van der Waals surface area contributed by atoms with Crippen molar-refractivity contribution in [3.63, 3.8) is 0 Å². The van der Waals surface area contributed by atoms with Crippen LogP contribution in [0.3, 0.4) is 0 Å². The van der Waals surface area contributed by atoms with E-state index in [2.05, 4.69) is 13.1 Å². The first-order valence-corrected chi connectivity index (χ1v) is 12.1. The predicted molar refractivity (Wildman–Crippen MR) is 88.3 cm³/mol. The van der Waals surface area contributed by atoms with E-state index in [1.807, 2.05) is 6.92 Å². The Morgan fingerprint density at radius 3 is 2.45 bits per heavy atom. The van der Waals surface area contributed by atoms with Gasteiger partial charge in [-0.15, -0.1) is 0 Å². The zero-order valence-corrected chi connectivity index (χ0v) is 15.2. The lowest BCUT2D eigenvalue weighted by molar-refractivity contribution is -0.165. The van der Waals surface area contributed by atoms with Crippen molar-refractivity contribution in [2.45, 2.75) is 76.7 Å². The van der Waals surface area contributed by atoms with Gasteiger partial charge >= 0.3 is 11.9 Å². The van der Waals surface area contributed by atoms with Gasteiger partial charge in [-0.05, 0) is 32.1 Å². The summed E-state index contributed by atoms with van der Waals surface area (Å²) in [5.74, 6) is -0.155. The Balaban J connectivity index is 1.70. The molecular formula is C17H30O4Si. The summed E-state index contributed by atoms with van der Waals surface area (Å²) in [6.07, 6.45) is 6.29. The second-order valence-electron chi connectivity index (χ2n) is 7.80. The minimum Gasteiger partial charge on any atom is -0.460 e. The van der Waals surface area contributed by atoms with E-state index in [9.17, 15) is 9.59 Å². The summed E-state index contributed by atoms with van der Waals surface area (Å²) in [7, 11) is -1.10. The van der Waals surface area contributed by atoms with Gasteiger partial charge in [-0.2, -0.15) is 0 Å². The van der Waals surface area contributed by atoms with Crippen molar-refractivity contribution in [1.29, 1.82) is 0 Å². The molecule has 4 nitrogen and oxygen atoms in total. The molecule has 1 heterocycles. The van der Waals surface area contributed by atoms with Gasteiger partial charge in [-0.25, -0.2) is 4.79 Å². The summed E-state index contributed by atoms with van der Waals surface area (Å²) in [5.41, 5.74) is 0. The Morgan fingerprint density at radius 1 is 1.14 bits per heavy atom. The van der Waals surface area contributed by atoms with Gasteiger partial charge in [0.2, 0.25) is 0 Å². The van der Waals surface area contributed by atoms with Crippen molar-refractivity contribution < 1.29 is 19.1 Å². The lowest BCUT2D eigenvalue weighted by Crippen LogP contribution is -2.38. The number of ether oxygens (including phenoxy) is 2. The van der Waals surface area contributed by atoms with E-state index < -0.39 is 14.0 Å². The largest absolute Gasteiger partial charge is 0.460 e. The van der Waals surface area contributed by atoms with E-state index >= 15 is 0 Å². The van der Waals surface area contributed by atoms with Crippen molar-refractivity contribution in [2.75, 3.05) is 6.61 Å². The van der Waals surface area contributed by atoms with Crippen LogP contribution in [0.1, 0.15) is 45.4 Å². The minimum atomic E-state index is -1.10. The molecule has 126 valence electrons. The second kappa shape index (κ2) is 7.62. The maximum absolute atomic E-state index is 11.9. The monoisotopic (exact) mass is 326 g/mol.